The summed E-state index contributed by atoms with van der Waals surface area (Å²) in [6, 6.07) is 14.1. The smallest absolute Gasteiger partial charge is 0.410 e. The molecule has 2 amide bonds. The summed E-state index contributed by atoms with van der Waals surface area (Å²) in [5, 5.41) is 24.4. The normalized spacial score (nSPS) is 18.6. The Morgan fingerprint density at radius 3 is 2.35 bits per heavy atom. The van der Waals surface area contributed by atoms with E-state index >= 15 is 0 Å². The van der Waals surface area contributed by atoms with Crippen LogP contribution in [0.1, 0.15) is 36.1 Å². The van der Waals surface area contributed by atoms with Gasteiger partial charge in [0.25, 0.3) is 0 Å². The van der Waals surface area contributed by atoms with Crippen molar-refractivity contribution in [2.24, 2.45) is 5.92 Å². The summed E-state index contributed by atoms with van der Waals surface area (Å²) in [7, 11) is 3.94. The fourth-order valence-corrected chi connectivity index (χ4v) is 5.09. The van der Waals surface area contributed by atoms with Crippen LogP contribution in [0.5, 0.6) is 17.2 Å². The average molecular weight is 591 g/mol. The Morgan fingerprint density at radius 1 is 0.953 bits per heavy atom. The molecule has 0 fully saturated rings. The number of benzene rings is 3. The fraction of sp³-hybridized carbons (Fsp3) is 0.312. The first-order valence-corrected chi connectivity index (χ1v) is 13.6. The van der Waals surface area contributed by atoms with Gasteiger partial charge in [0.05, 0.1) is 14.2 Å². The van der Waals surface area contributed by atoms with Crippen molar-refractivity contribution in [3.63, 3.8) is 0 Å². The minimum Gasteiger partial charge on any atom is -0.507 e. The monoisotopic (exact) mass is 590 g/mol. The number of aromatic hydroxyl groups is 2. The maximum Gasteiger partial charge on any atom is 0.410 e. The highest BCUT2D eigenvalue weighted by Gasteiger charge is 2.34. The van der Waals surface area contributed by atoms with E-state index in [0.717, 1.165) is 10.5 Å². The largest absolute Gasteiger partial charge is 0.507 e. The number of nitrogens with one attached hydrogen (secondary N) is 1. The Morgan fingerprint density at radius 2 is 1.67 bits per heavy atom. The lowest BCUT2D eigenvalue weighted by Gasteiger charge is -2.29. The highest BCUT2D eigenvalue weighted by molar-refractivity contribution is 5.94. The zero-order valence-corrected chi connectivity index (χ0v) is 24.3. The van der Waals surface area contributed by atoms with Crippen molar-refractivity contribution in [1.82, 2.24) is 10.2 Å². The minimum atomic E-state index is -1.21. The lowest BCUT2D eigenvalue weighted by Crippen LogP contribution is -2.46. The number of fused-ring (bicyclic) bond motifs is 5. The van der Waals surface area contributed by atoms with Crippen molar-refractivity contribution in [3.8, 4) is 28.4 Å². The highest BCUT2D eigenvalue weighted by atomic mass is 16.6. The van der Waals surface area contributed by atoms with E-state index in [1.54, 1.807) is 18.2 Å². The molecule has 4 bridgehead atoms. The van der Waals surface area contributed by atoms with Crippen molar-refractivity contribution in [2.75, 3.05) is 21.3 Å². The third-order valence-electron chi connectivity index (χ3n) is 7.34. The molecular weight excluding hydrogens is 556 g/mol. The predicted molar refractivity (Wildman–Crippen MR) is 155 cm³/mol. The van der Waals surface area contributed by atoms with Crippen molar-refractivity contribution in [2.45, 2.75) is 38.5 Å². The molecule has 0 unspecified atom stereocenters. The van der Waals surface area contributed by atoms with Crippen LogP contribution in [-0.4, -0.2) is 66.2 Å². The predicted octanol–water partition coefficient (Wildman–Crippen LogP) is 3.89. The van der Waals surface area contributed by atoms with Gasteiger partial charge in [0.15, 0.2) is 17.3 Å². The number of amides is 2. The molecule has 0 saturated carbocycles. The number of carbonyl (C=O) groups is 4. The first-order chi connectivity index (χ1) is 20.5. The number of ether oxygens (including phenoxy) is 3. The first-order valence-electron chi connectivity index (χ1n) is 13.6. The van der Waals surface area contributed by atoms with Gasteiger partial charge in [-0.3, -0.25) is 14.5 Å². The molecule has 3 aromatic rings. The second-order valence-electron chi connectivity index (χ2n) is 10.4. The molecule has 3 N–H and O–H groups in total. The molecule has 3 atom stereocenters. The van der Waals surface area contributed by atoms with Crippen molar-refractivity contribution in [3.05, 3.63) is 77.4 Å². The lowest BCUT2D eigenvalue weighted by atomic mass is 9.90. The zero-order valence-electron chi connectivity index (χ0n) is 24.3. The SMILES string of the molecule is COC(=O)[C@@H]1Cc2cc(O)c(OC)c(c2)-c2cc(ccc2O)[C@H](N(C)C(=O)OCc2ccccc2)C(=O)C[C@@H](C)C(=O)N1. The number of phenols is 2. The Labute approximate surface area is 249 Å². The molecule has 0 aliphatic carbocycles. The number of methoxy groups -OCH3 is 2. The third kappa shape index (κ3) is 6.88. The number of carbonyl (C=O) groups excluding carboxylic acids is 4. The summed E-state index contributed by atoms with van der Waals surface area (Å²) in [6.07, 6.45) is -1.10. The molecule has 11 nitrogen and oxygen atoms in total. The second kappa shape index (κ2) is 13.3. The quantitative estimate of drug-likeness (QED) is 0.376. The molecule has 1 heterocycles. The van der Waals surface area contributed by atoms with Gasteiger partial charge in [0.1, 0.15) is 24.4 Å². The van der Waals surface area contributed by atoms with E-state index in [-0.39, 0.29) is 47.8 Å². The summed E-state index contributed by atoms with van der Waals surface area (Å²) in [4.78, 5) is 53.9. The number of ketones is 1. The Kier molecular flexibility index (Phi) is 9.54. The summed E-state index contributed by atoms with van der Waals surface area (Å²) in [6.45, 7) is 1.51. The molecule has 0 spiro atoms. The van der Waals surface area contributed by atoms with Crippen LogP contribution >= 0.6 is 0 Å². The number of hydrogen-bond donors (Lipinski definition) is 3. The molecule has 0 saturated heterocycles. The van der Waals surface area contributed by atoms with Crippen molar-refractivity contribution < 1.29 is 43.6 Å². The number of hydrogen-bond acceptors (Lipinski definition) is 9. The van der Waals surface area contributed by atoms with Gasteiger partial charge >= 0.3 is 12.1 Å². The minimum absolute atomic E-state index is 0.0251. The number of Topliss-reactive ketones (excluding diaryl/α,β-unsaturated/α-hetero) is 1. The summed E-state index contributed by atoms with van der Waals surface area (Å²) in [5.74, 6) is -3.07. The maximum atomic E-state index is 13.8. The van der Waals surface area contributed by atoms with Crippen molar-refractivity contribution in [1.29, 1.82) is 0 Å². The van der Waals surface area contributed by atoms with E-state index in [1.807, 2.05) is 18.2 Å². The van der Waals surface area contributed by atoms with Crippen LogP contribution in [0.15, 0.2) is 60.7 Å². The number of rotatable bonds is 5. The number of esters is 1. The van der Waals surface area contributed by atoms with Gasteiger partial charge < -0.3 is 29.7 Å². The second-order valence-corrected chi connectivity index (χ2v) is 10.4. The van der Waals surface area contributed by atoms with Gasteiger partial charge in [-0.05, 0) is 41.0 Å². The van der Waals surface area contributed by atoms with E-state index in [0.29, 0.717) is 11.1 Å². The lowest BCUT2D eigenvalue weighted by molar-refractivity contribution is -0.145. The van der Waals surface area contributed by atoms with Crippen LogP contribution in [-0.2, 0) is 36.9 Å². The van der Waals surface area contributed by atoms with E-state index in [4.69, 9.17) is 14.2 Å². The molecule has 43 heavy (non-hydrogen) atoms. The van der Waals surface area contributed by atoms with Crippen LogP contribution in [0, 0.1) is 5.92 Å². The van der Waals surface area contributed by atoms with Gasteiger partial charge in [-0.1, -0.05) is 43.3 Å². The van der Waals surface area contributed by atoms with E-state index in [9.17, 15) is 29.4 Å². The van der Waals surface area contributed by atoms with Gasteiger partial charge in [-0.15, -0.1) is 0 Å². The maximum absolute atomic E-state index is 13.8. The standard InChI is InChI=1S/C32H34N2O9/c1-18-12-26(36)28(34(2)32(40)43-17-19-8-6-5-7-9-19)21-10-11-25(35)22(16-21)23-13-20(15-27(37)29(23)41-3)14-24(31(39)42-4)33-30(18)38/h5-11,13,15-16,18,24,28,35,37H,12,14,17H2,1-4H3,(H,33,38)/t18-,24+,28+/m1/s1. The number of phenolic OH excluding ortho intramolecular Hbond substituents is 2. The molecule has 4 rings (SSSR count). The van der Waals surface area contributed by atoms with Crippen LogP contribution < -0.4 is 10.1 Å². The molecule has 226 valence electrons. The van der Waals surface area contributed by atoms with Gasteiger partial charge in [-0.25, -0.2) is 9.59 Å². The van der Waals surface area contributed by atoms with E-state index in [2.05, 4.69) is 5.32 Å². The van der Waals surface area contributed by atoms with Gasteiger partial charge in [0.2, 0.25) is 5.91 Å². The van der Waals surface area contributed by atoms with E-state index in [1.165, 1.54) is 52.5 Å². The Bertz CT molecular complexity index is 1520. The van der Waals surface area contributed by atoms with Gasteiger partial charge in [0, 0.05) is 36.9 Å². The zero-order chi connectivity index (χ0) is 31.3. The number of nitrogens with zero attached hydrogens (tertiary/aromatic N) is 1. The Hall–Kier alpha value is -5.06. The van der Waals surface area contributed by atoms with Crippen LogP contribution in [0.4, 0.5) is 4.79 Å². The molecule has 0 aromatic heterocycles. The van der Waals surface area contributed by atoms with Crippen LogP contribution in [0.2, 0.25) is 0 Å². The van der Waals surface area contributed by atoms with Gasteiger partial charge in [-0.2, -0.15) is 0 Å². The topological polar surface area (TPSA) is 152 Å². The molecule has 11 heteroatoms. The summed E-state index contributed by atoms with van der Waals surface area (Å²) >= 11 is 0. The molecule has 3 aromatic carbocycles. The average Bonchev–Trinajstić information content (AvgIpc) is 2.99. The molecule has 0 radical (unpaired) electrons. The van der Waals surface area contributed by atoms with E-state index < -0.39 is 41.8 Å². The molecule has 1 aliphatic heterocycles. The summed E-state index contributed by atoms with van der Waals surface area (Å²) < 4.78 is 15.8. The summed E-state index contributed by atoms with van der Waals surface area (Å²) in [5.41, 5.74) is 2.00. The van der Waals surface area contributed by atoms with Crippen LogP contribution in [0.25, 0.3) is 11.1 Å². The molecular formula is C32H34N2O9. The van der Waals surface area contributed by atoms with Crippen LogP contribution in [0.3, 0.4) is 0 Å². The van der Waals surface area contributed by atoms with Crippen molar-refractivity contribution >= 4 is 23.8 Å². The fourth-order valence-electron chi connectivity index (χ4n) is 5.09. The third-order valence-corrected chi connectivity index (χ3v) is 7.34. The molecule has 1 aliphatic rings. The Balaban J connectivity index is 1.83. The number of likely N-dealkylation sites (N-methyl/N-ethyl adjacent to an activating group) is 1. The first kappa shape index (κ1) is 30.9. The highest BCUT2D eigenvalue weighted by Crippen LogP contribution is 2.43.